The van der Waals surface area contributed by atoms with Crippen molar-refractivity contribution in [1.29, 1.82) is 0 Å². The molecule has 0 atom stereocenters. The Hall–Kier alpha value is -1.06. The Kier molecular flexibility index (Phi) is 7.38. The molecular weight excluding hydrogens is 288 g/mol. The third-order valence-electron chi connectivity index (χ3n) is 5.41. The molecular formula is C19H34N2O2. The van der Waals surface area contributed by atoms with Crippen LogP contribution in [0.15, 0.2) is 0 Å². The van der Waals surface area contributed by atoms with Crippen LogP contribution in [-0.4, -0.2) is 47.8 Å². The second-order valence-corrected chi connectivity index (χ2v) is 7.26. The highest BCUT2D eigenvalue weighted by molar-refractivity contribution is 5.81. The average molecular weight is 322 g/mol. The second-order valence-electron chi connectivity index (χ2n) is 7.26. The van der Waals surface area contributed by atoms with E-state index in [9.17, 15) is 9.59 Å². The normalized spacial score (nSPS) is 20.5. The van der Waals surface area contributed by atoms with E-state index in [-0.39, 0.29) is 11.8 Å². The van der Waals surface area contributed by atoms with Gasteiger partial charge in [0.05, 0.1) is 0 Å². The van der Waals surface area contributed by atoms with Gasteiger partial charge in [-0.1, -0.05) is 33.1 Å². The van der Waals surface area contributed by atoms with Crippen molar-refractivity contribution in [2.45, 2.75) is 71.6 Å². The van der Waals surface area contributed by atoms with Gasteiger partial charge >= 0.3 is 0 Å². The fourth-order valence-corrected chi connectivity index (χ4v) is 4.08. The van der Waals surface area contributed by atoms with E-state index in [1.54, 1.807) is 0 Å². The summed E-state index contributed by atoms with van der Waals surface area (Å²) in [5.41, 5.74) is 0. The van der Waals surface area contributed by atoms with Crippen molar-refractivity contribution in [2.75, 3.05) is 26.2 Å². The molecule has 1 saturated heterocycles. The topological polar surface area (TPSA) is 40.6 Å². The Morgan fingerprint density at radius 3 is 1.96 bits per heavy atom. The summed E-state index contributed by atoms with van der Waals surface area (Å²) in [6.07, 6.45) is 9.56. The van der Waals surface area contributed by atoms with Gasteiger partial charge in [-0.05, 0) is 38.5 Å². The average Bonchev–Trinajstić information content (AvgIpc) is 2.61. The second kappa shape index (κ2) is 9.29. The molecule has 1 aliphatic heterocycles. The molecule has 0 aromatic carbocycles. The summed E-state index contributed by atoms with van der Waals surface area (Å²) in [7, 11) is 0. The van der Waals surface area contributed by atoms with Crippen LogP contribution in [0.1, 0.15) is 71.6 Å². The van der Waals surface area contributed by atoms with Gasteiger partial charge in [-0.3, -0.25) is 9.59 Å². The van der Waals surface area contributed by atoms with E-state index in [4.69, 9.17) is 0 Å². The van der Waals surface area contributed by atoms with Gasteiger partial charge in [0.2, 0.25) is 11.8 Å². The number of carbonyl (C=O) groups excluding carboxylic acids is 2. The Bertz CT molecular complexity index is 377. The number of likely N-dealkylation sites (tertiary alicyclic amines) is 1. The minimum absolute atomic E-state index is 0.128. The molecule has 1 saturated carbocycles. The highest BCUT2D eigenvalue weighted by Crippen LogP contribution is 2.28. The molecule has 2 fully saturated rings. The summed E-state index contributed by atoms with van der Waals surface area (Å²) < 4.78 is 0. The van der Waals surface area contributed by atoms with Crippen molar-refractivity contribution in [1.82, 2.24) is 9.80 Å². The number of amides is 2. The molecule has 1 heterocycles. The molecule has 2 rings (SSSR count). The lowest BCUT2D eigenvalue weighted by atomic mass is 9.87. The number of piperidine rings is 1. The Morgan fingerprint density at radius 2 is 1.43 bits per heavy atom. The molecule has 132 valence electrons. The molecule has 2 aliphatic rings. The van der Waals surface area contributed by atoms with Crippen molar-refractivity contribution in [3.63, 3.8) is 0 Å². The fraction of sp³-hybridized carbons (Fsp3) is 0.895. The zero-order chi connectivity index (χ0) is 16.7. The number of rotatable bonds is 6. The lowest BCUT2D eigenvalue weighted by Gasteiger charge is -2.36. The first-order valence-corrected chi connectivity index (χ1v) is 9.74. The van der Waals surface area contributed by atoms with Crippen LogP contribution in [-0.2, 0) is 9.59 Å². The van der Waals surface area contributed by atoms with E-state index in [1.165, 1.54) is 19.3 Å². The van der Waals surface area contributed by atoms with E-state index in [2.05, 4.69) is 13.8 Å². The van der Waals surface area contributed by atoms with Crippen molar-refractivity contribution >= 4 is 11.8 Å². The number of nitrogens with zero attached hydrogens (tertiary/aromatic N) is 2. The predicted octanol–water partition coefficient (Wildman–Crippen LogP) is 3.45. The van der Waals surface area contributed by atoms with Crippen LogP contribution in [0.2, 0.25) is 0 Å². The van der Waals surface area contributed by atoms with Crippen LogP contribution in [0.3, 0.4) is 0 Å². The van der Waals surface area contributed by atoms with Gasteiger partial charge in [0.25, 0.3) is 0 Å². The summed E-state index contributed by atoms with van der Waals surface area (Å²) in [5, 5.41) is 0. The molecule has 0 aromatic heterocycles. The summed E-state index contributed by atoms with van der Waals surface area (Å²) in [5.74, 6) is 1.06. The van der Waals surface area contributed by atoms with Crippen LogP contribution in [0.5, 0.6) is 0 Å². The van der Waals surface area contributed by atoms with Crippen molar-refractivity contribution < 1.29 is 9.59 Å². The van der Waals surface area contributed by atoms with E-state index in [0.717, 1.165) is 64.7 Å². The lowest BCUT2D eigenvalue weighted by Crippen LogP contribution is -2.46. The zero-order valence-corrected chi connectivity index (χ0v) is 15.1. The van der Waals surface area contributed by atoms with Gasteiger partial charge in [0, 0.05) is 38.0 Å². The molecule has 4 heteroatoms. The largest absolute Gasteiger partial charge is 0.342 e. The van der Waals surface area contributed by atoms with Crippen molar-refractivity contribution in [3.05, 3.63) is 0 Å². The van der Waals surface area contributed by atoms with Gasteiger partial charge in [0.1, 0.15) is 0 Å². The van der Waals surface area contributed by atoms with Gasteiger partial charge in [-0.15, -0.1) is 0 Å². The smallest absolute Gasteiger partial charge is 0.225 e. The van der Waals surface area contributed by atoms with Gasteiger partial charge < -0.3 is 9.80 Å². The maximum Gasteiger partial charge on any atom is 0.225 e. The summed E-state index contributed by atoms with van der Waals surface area (Å²) in [4.78, 5) is 29.3. The summed E-state index contributed by atoms with van der Waals surface area (Å²) >= 11 is 0. The summed E-state index contributed by atoms with van der Waals surface area (Å²) in [6.45, 7) is 7.54. The Labute approximate surface area is 141 Å². The first-order chi connectivity index (χ1) is 11.2. The van der Waals surface area contributed by atoms with E-state index < -0.39 is 0 Å². The lowest BCUT2D eigenvalue weighted by molar-refractivity contribution is -0.143. The zero-order valence-electron chi connectivity index (χ0n) is 15.1. The molecule has 23 heavy (non-hydrogen) atoms. The predicted molar refractivity (Wildman–Crippen MR) is 93.0 cm³/mol. The molecule has 0 N–H and O–H groups in total. The van der Waals surface area contributed by atoms with Crippen molar-refractivity contribution in [2.24, 2.45) is 11.8 Å². The van der Waals surface area contributed by atoms with Crippen LogP contribution in [0.25, 0.3) is 0 Å². The maximum atomic E-state index is 12.7. The monoisotopic (exact) mass is 322 g/mol. The number of carbonyl (C=O) groups is 2. The van der Waals surface area contributed by atoms with Crippen LogP contribution in [0.4, 0.5) is 0 Å². The van der Waals surface area contributed by atoms with Crippen LogP contribution in [0, 0.1) is 11.8 Å². The SMILES string of the molecule is CCCN(CCC)C(=O)C1CCN(C(=O)C2CCCCC2)CC1. The Balaban J connectivity index is 1.82. The molecule has 0 bridgehead atoms. The minimum atomic E-state index is 0.128. The van der Waals surface area contributed by atoms with Crippen LogP contribution >= 0.6 is 0 Å². The number of hydrogen-bond donors (Lipinski definition) is 0. The molecule has 0 aromatic rings. The van der Waals surface area contributed by atoms with E-state index in [1.807, 2.05) is 9.80 Å². The van der Waals surface area contributed by atoms with Gasteiger partial charge in [-0.25, -0.2) is 0 Å². The van der Waals surface area contributed by atoms with Gasteiger partial charge in [0.15, 0.2) is 0 Å². The minimum Gasteiger partial charge on any atom is -0.342 e. The fourth-order valence-electron chi connectivity index (χ4n) is 4.08. The molecule has 0 radical (unpaired) electrons. The van der Waals surface area contributed by atoms with Crippen LogP contribution < -0.4 is 0 Å². The molecule has 2 amide bonds. The Morgan fingerprint density at radius 1 is 0.870 bits per heavy atom. The standard InChI is InChI=1S/C19H34N2O2/c1-3-12-20(13-4-2)19(23)17-10-14-21(15-11-17)18(22)16-8-6-5-7-9-16/h16-17H,3-15H2,1-2H3. The number of hydrogen-bond acceptors (Lipinski definition) is 2. The first kappa shape index (κ1) is 18.3. The maximum absolute atomic E-state index is 12.7. The summed E-state index contributed by atoms with van der Waals surface area (Å²) in [6, 6.07) is 0. The highest BCUT2D eigenvalue weighted by atomic mass is 16.2. The van der Waals surface area contributed by atoms with Gasteiger partial charge in [-0.2, -0.15) is 0 Å². The molecule has 0 unspecified atom stereocenters. The third kappa shape index (κ3) is 4.95. The molecule has 4 nitrogen and oxygen atoms in total. The van der Waals surface area contributed by atoms with E-state index >= 15 is 0 Å². The third-order valence-corrected chi connectivity index (χ3v) is 5.41. The quantitative estimate of drug-likeness (QED) is 0.751. The molecule has 0 spiro atoms. The van der Waals surface area contributed by atoms with Crippen molar-refractivity contribution in [3.8, 4) is 0 Å². The highest BCUT2D eigenvalue weighted by Gasteiger charge is 2.32. The van der Waals surface area contributed by atoms with E-state index in [0.29, 0.717) is 11.8 Å². The first-order valence-electron chi connectivity index (χ1n) is 9.74. The molecule has 1 aliphatic carbocycles.